The molecule has 1 aromatic rings. The Morgan fingerprint density at radius 2 is 2.25 bits per heavy atom. The second kappa shape index (κ2) is 6.00. The maximum absolute atomic E-state index is 13.3. The van der Waals surface area contributed by atoms with E-state index in [9.17, 15) is 4.39 Å². The van der Waals surface area contributed by atoms with Crippen molar-refractivity contribution in [3.8, 4) is 0 Å². The van der Waals surface area contributed by atoms with Crippen molar-refractivity contribution in [1.82, 2.24) is 5.32 Å². The van der Waals surface area contributed by atoms with E-state index in [1.165, 1.54) is 18.9 Å². The Bertz CT molecular complexity index is 470. The predicted octanol–water partition coefficient (Wildman–Crippen LogP) is 3.57. The topological polar surface area (TPSA) is 21.3 Å². The highest BCUT2D eigenvalue weighted by molar-refractivity contribution is 6.30. The number of nitrogens with one attached hydrogen (secondary N) is 1. The molecule has 0 bridgehead atoms. The minimum Gasteiger partial charge on any atom is -0.381 e. The van der Waals surface area contributed by atoms with Gasteiger partial charge in [0.15, 0.2) is 0 Å². The normalized spacial score (nSPS) is 26.7. The number of ether oxygens (including phenoxy) is 1. The van der Waals surface area contributed by atoms with Crippen LogP contribution in [-0.4, -0.2) is 25.8 Å². The molecule has 0 aromatic heterocycles. The van der Waals surface area contributed by atoms with Crippen LogP contribution < -0.4 is 5.32 Å². The minimum absolute atomic E-state index is 0.127. The largest absolute Gasteiger partial charge is 0.381 e. The fourth-order valence-corrected chi connectivity index (χ4v) is 3.19. The second-order valence-electron chi connectivity index (χ2n) is 6.24. The van der Waals surface area contributed by atoms with Crippen LogP contribution in [0.3, 0.4) is 0 Å². The lowest BCUT2D eigenvalue weighted by molar-refractivity contribution is -0.00735. The van der Waals surface area contributed by atoms with Gasteiger partial charge in [-0.2, -0.15) is 0 Å². The highest BCUT2D eigenvalue weighted by atomic mass is 35.5. The zero-order valence-electron chi connectivity index (χ0n) is 11.6. The van der Waals surface area contributed by atoms with Crippen LogP contribution >= 0.6 is 11.6 Å². The monoisotopic (exact) mass is 297 g/mol. The lowest BCUT2D eigenvalue weighted by atomic mass is 9.77. The van der Waals surface area contributed by atoms with Crippen molar-refractivity contribution < 1.29 is 9.13 Å². The quantitative estimate of drug-likeness (QED) is 0.897. The molecule has 2 aliphatic rings. The zero-order chi connectivity index (χ0) is 14.0. The highest BCUT2D eigenvalue weighted by Gasteiger charge is 2.35. The van der Waals surface area contributed by atoms with Gasteiger partial charge in [0, 0.05) is 24.6 Å². The van der Waals surface area contributed by atoms with Gasteiger partial charge in [-0.25, -0.2) is 4.39 Å². The fraction of sp³-hybridized carbons (Fsp3) is 0.625. The van der Waals surface area contributed by atoms with Crippen LogP contribution in [0.5, 0.6) is 0 Å². The van der Waals surface area contributed by atoms with E-state index in [0.717, 1.165) is 44.6 Å². The van der Waals surface area contributed by atoms with Crippen molar-refractivity contribution in [3.63, 3.8) is 0 Å². The van der Waals surface area contributed by atoms with Gasteiger partial charge in [-0.15, -0.1) is 0 Å². The van der Waals surface area contributed by atoms with Gasteiger partial charge in [0.1, 0.15) is 5.82 Å². The van der Waals surface area contributed by atoms with Crippen LogP contribution in [0.25, 0.3) is 0 Å². The number of hydrogen-bond acceptors (Lipinski definition) is 2. The molecular weight excluding hydrogens is 277 g/mol. The lowest BCUT2D eigenvalue weighted by Gasteiger charge is -2.37. The van der Waals surface area contributed by atoms with E-state index in [4.69, 9.17) is 16.3 Å². The summed E-state index contributed by atoms with van der Waals surface area (Å²) < 4.78 is 19.0. The van der Waals surface area contributed by atoms with Crippen LogP contribution in [0.1, 0.15) is 31.2 Å². The summed E-state index contributed by atoms with van der Waals surface area (Å²) in [7, 11) is 0. The van der Waals surface area contributed by atoms with Gasteiger partial charge >= 0.3 is 0 Å². The fourth-order valence-electron chi connectivity index (χ4n) is 2.98. The van der Waals surface area contributed by atoms with Gasteiger partial charge in [0.05, 0.1) is 11.6 Å². The molecule has 1 N–H and O–H groups in total. The number of benzene rings is 1. The summed E-state index contributed by atoms with van der Waals surface area (Å²) in [5.41, 5.74) is 1.22. The summed E-state index contributed by atoms with van der Waals surface area (Å²) in [5, 5.41) is 3.84. The summed E-state index contributed by atoms with van der Waals surface area (Å²) >= 11 is 5.89. The van der Waals surface area contributed by atoms with Crippen LogP contribution in [0.4, 0.5) is 4.39 Å². The molecule has 1 aromatic carbocycles. The molecule has 1 unspecified atom stereocenters. The molecule has 4 heteroatoms. The summed E-state index contributed by atoms with van der Waals surface area (Å²) in [6, 6.07) is 5.76. The third-order valence-electron chi connectivity index (χ3n) is 4.31. The van der Waals surface area contributed by atoms with E-state index in [-0.39, 0.29) is 16.3 Å². The Morgan fingerprint density at radius 1 is 1.40 bits per heavy atom. The Balaban J connectivity index is 1.71. The molecule has 0 amide bonds. The number of hydrogen-bond donors (Lipinski definition) is 1. The molecule has 1 aliphatic carbocycles. The minimum atomic E-state index is -0.347. The van der Waals surface area contributed by atoms with Crippen LogP contribution in [0.15, 0.2) is 18.2 Å². The predicted molar refractivity (Wildman–Crippen MR) is 78.6 cm³/mol. The van der Waals surface area contributed by atoms with Crippen molar-refractivity contribution >= 4 is 11.6 Å². The van der Waals surface area contributed by atoms with E-state index in [1.807, 2.05) is 6.07 Å². The molecule has 1 heterocycles. The molecule has 1 saturated carbocycles. The van der Waals surface area contributed by atoms with Gasteiger partial charge < -0.3 is 10.1 Å². The third kappa shape index (κ3) is 3.51. The molecule has 3 rings (SSSR count). The van der Waals surface area contributed by atoms with Gasteiger partial charge in [-0.3, -0.25) is 0 Å². The first kappa shape index (κ1) is 14.3. The first-order chi connectivity index (χ1) is 9.67. The van der Waals surface area contributed by atoms with Crippen LogP contribution in [-0.2, 0) is 11.2 Å². The summed E-state index contributed by atoms with van der Waals surface area (Å²) in [5.74, 6) is -0.347. The standard InChI is InChI=1S/C16H21ClFNO/c17-14-8-12(2-5-15(14)18)9-16(6-1-7-20-11-16)10-19-13-3-4-13/h2,5,8,13,19H,1,3-4,6-7,9-11H2. The van der Waals surface area contributed by atoms with E-state index < -0.39 is 0 Å². The number of halogens is 2. The van der Waals surface area contributed by atoms with Crippen molar-refractivity contribution in [3.05, 3.63) is 34.6 Å². The SMILES string of the molecule is Fc1ccc(CC2(CNC3CC3)CCCOC2)cc1Cl. The molecular formula is C16H21ClFNO. The first-order valence-electron chi connectivity index (χ1n) is 7.42. The number of rotatable bonds is 5. The van der Waals surface area contributed by atoms with Crippen molar-refractivity contribution in [2.75, 3.05) is 19.8 Å². The molecule has 2 nitrogen and oxygen atoms in total. The average Bonchev–Trinajstić information content (AvgIpc) is 3.26. The van der Waals surface area contributed by atoms with E-state index in [2.05, 4.69) is 5.32 Å². The molecule has 1 atom stereocenters. The molecule has 110 valence electrons. The van der Waals surface area contributed by atoms with Gasteiger partial charge in [0.25, 0.3) is 0 Å². The zero-order valence-corrected chi connectivity index (χ0v) is 12.4. The van der Waals surface area contributed by atoms with Crippen LogP contribution in [0.2, 0.25) is 5.02 Å². The maximum atomic E-state index is 13.3. The van der Waals surface area contributed by atoms with Crippen molar-refractivity contribution in [2.45, 2.75) is 38.1 Å². The van der Waals surface area contributed by atoms with Crippen molar-refractivity contribution in [1.29, 1.82) is 0 Å². The van der Waals surface area contributed by atoms with Gasteiger partial charge in [0.2, 0.25) is 0 Å². The van der Waals surface area contributed by atoms with E-state index >= 15 is 0 Å². The summed E-state index contributed by atoms with van der Waals surface area (Å²) in [6.07, 6.45) is 5.73. The Hall–Kier alpha value is -0.640. The smallest absolute Gasteiger partial charge is 0.141 e. The molecule has 20 heavy (non-hydrogen) atoms. The maximum Gasteiger partial charge on any atom is 0.141 e. The Labute approximate surface area is 124 Å². The van der Waals surface area contributed by atoms with E-state index in [1.54, 1.807) is 6.07 Å². The van der Waals surface area contributed by atoms with Crippen molar-refractivity contribution in [2.24, 2.45) is 5.41 Å². The molecule has 0 spiro atoms. The third-order valence-corrected chi connectivity index (χ3v) is 4.60. The molecule has 1 saturated heterocycles. The highest BCUT2D eigenvalue weighted by Crippen LogP contribution is 2.34. The Morgan fingerprint density at radius 3 is 2.90 bits per heavy atom. The second-order valence-corrected chi connectivity index (χ2v) is 6.64. The Kier molecular flexibility index (Phi) is 4.29. The molecule has 2 fully saturated rings. The first-order valence-corrected chi connectivity index (χ1v) is 7.80. The summed E-state index contributed by atoms with van der Waals surface area (Å²) in [6.45, 7) is 2.61. The molecule has 0 radical (unpaired) electrons. The van der Waals surface area contributed by atoms with Crippen LogP contribution in [0, 0.1) is 11.2 Å². The lowest BCUT2D eigenvalue weighted by Crippen LogP contribution is -2.43. The van der Waals surface area contributed by atoms with E-state index in [0.29, 0.717) is 6.04 Å². The van der Waals surface area contributed by atoms with Gasteiger partial charge in [-0.1, -0.05) is 17.7 Å². The summed E-state index contributed by atoms with van der Waals surface area (Å²) in [4.78, 5) is 0. The van der Waals surface area contributed by atoms with Gasteiger partial charge in [-0.05, 0) is 49.8 Å². The average molecular weight is 298 g/mol. The molecule has 1 aliphatic heterocycles.